The summed E-state index contributed by atoms with van der Waals surface area (Å²) < 4.78 is 0. The summed E-state index contributed by atoms with van der Waals surface area (Å²) >= 11 is 6.28. The van der Waals surface area contributed by atoms with Gasteiger partial charge in [-0.25, -0.2) is 0 Å². The van der Waals surface area contributed by atoms with Crippen LogP contribution >= 0.6 is 11.6 Å². The van der Waals surface area contributed by atoms with Crippen LogP contribution in [0.3, 0.4) is 0 Å². The second-order valence-electron chi connectivity index (χ2n) is 7.02. The molecule has 0 heterocycles. The fraction of sp³-hybridized carbons (Fsp3) is 0.647. The third kappa shape index (κ3) is 3.97. The fourth-order valence-corrected chi connectivity index (χ4v) is 4.04. The molecule has 2 rings (SSSR count). The molecule has 3 atom stereocenters. The van der Waals surface area contributed by atoms with Crippen LogP contribution in [0.5, 0.6) is 0 Å². The average Bonchev–Trinajstić information content (AvgIpc) is 2.26. The highest BCUT2D eigenvalue weighted by Gasteiger charge is 2.32. The highest BCUT2D eigenvalue weighted by Crippen LogP contribution is 2.39. The smallest absolute Gasteiger partial charge is 0.0453 e. The lowest BCUT2D eigenvalue weighted by molar-refractivity contribution is 0.145. The van der Waals surface area contributed by atoms with Gasteiger partial charge in [0.1, 0.15) is 0 Å². The number of hydrogen-bond donors (Lipinski definition) is 1. The second-order valence-corrected chi connectivity index (χ2v) is 7.43. The lowest BCUT2D eigenvalue weighted by Crippen LogP contribution is -2.41. The van der Waals surface area contributed by atoms with Gasteiger partial charge in [0.05, 0.1) is 0 Å². The lowest BCUT2D eigenvalue weighted by atomic mass is 9.70. The van der Waals surface area contributed by atoms with E-state index in [2.05, 4.69) is 45.1 Å². The number of halogens is 1. The van der Waals surface area contributed by atoms with Gasteiger partial charge in [0.2, 0.25) is 0 Å². The van der Waals surface area contributed by atoms with Crippen LogP contribution in [0.4, 0.5) is 0 Å². The Morgan fingerprint density at radius 3 is 2.58 bits per heavy atom. The van der Waals surface area contributed by atoms with E-state index in [0.29, 0.717) is 17.5 Å². The molecule has 1 saturated carbocycles. The predicted molar refractivity (Wildman–Crippen MR) is 83.6 cm³/mol. The maximum absolute atomic E-state index is 6.28. The van der Waals surface area contributed by atoms with Gasteiger partial charge in [-0.1, -0.05) is 50.6 Å². The van der Waals surface area contributed by atoms with Gasteiger partial charge in [-0.3, -0.25) is 0 Å². The van der Waals surface area contributed by atoms with Crippen molar-refractivity contribution in [3.8, 4) is 0 Å². The maximum atomic E-state index is 6.28. The van der Waals surface area contributed by atoms with Crippen molar-refractivity contribution in [2.45, 2.75) is 59.0 Å². The van der Waals surface area contributed by atoms with Gasteiger partial charge in [0.15, 0.2) is 0 Å². The Labute approximate surface area is 122 Å². The third-order valence-corrected chi connectivity index (χ3v) is 4.59. The van der Waals surface area contributed by atoms with Gasteiger partial charge in [0.25, 0.3) is 0 Å². The summed E-state index contributed by atoms with van der Waals surface area (Å²) in [5, 5.41) is 4.64. The third-order valence-electron chi connectivity index (χ3n) is 4.24. The number of rotatable bonds is 3. The SMILES string of the molecule is CC1CC(N[C@@H](C)c2ccccc2Cl)CC(C)(C)C1. The van der Waals surface area contributed by atoms with Crippen molar-refractivity contribution >= 4 is 11.6 Å². The number of hydrogen-bond acceptors (Lipinski definition) is 1. The van der Waals surface area contributed by atoms with Crippen LogP contribution in [-0.2, 0) is 0 Å². The molecule has 1 aromatic carbocycles. The molecule has 1 fully saturated rings. The van der Waals surface area contributed by atoms with Crippen molar-refractivity contribution < 1.29 is 0 Å². The van der Waals surface area contributed by atoms with Gasteiger partial charge in [-0.05, 0) is 49.1 Å². The fourth-order valence-electron chi connectivity index (χ4n) is 3.74. The summed E-state index contributed by atoms with van der Waals surface area (Å²) in [6.45, 7) is 9.36. The molecule has 0 aliphatic heterocycles. The Morgan fingerprint density at radius 2 is 1.95 bits per heavy atom. The van der Waals surface area contributed by atoms with Gasteiger partial charge >= 0.3 is 0 Å². The molecule has 0 radical (unpaired) electrons. The Morgan fingerprint density at radius 1 is 1.26 bits per heavy atom. The van der Waals surface area contributed by atoms with E-state index in [-0.39, 0.29) is 0 Å². The molecule has 2 heteroatoms. The van der Waals surface area contributed by atoms with Gasteiger partial charge < -0.3 is 5.32 Å². The van der Waals surface area contributed by atoms with Crippen LogP contribution in [0.2, 0.25) is 5.02 Å². The molecule has 19 heavy (non-hydrogen) atoms. The summed E-state index contributed by atoms with van der Waals surface area (Å²) in [7, 11) is 0. The van der Waals surface area contributed by atoms with E-state index in [1.807, 2.05) is 12.1 Å². The first kappa shape index (κ1) is 14.9. The second kappa shape index (κ2) is 5.85. The quantitative estimate of drug-likeness (QED) is 0.801. The van der Waals surface area contributed by atoms with Crippen LogP contribution in [0, 0.1) is 11.3 Å². The molecular formula is C17H26ClN. The first-order valence-electron chi connectivity index (χ1n) is 7.38. The van der Waals surface area contributed by atoms with E-state index in [9.17, 15) is 0 Å². The summed E-state index contributed by atoms with van der Waals surface area (Å²) in [5.74, 6) is 0.805. The van der Waals surface area contributed by atoms with Crippen molar-refractivity contribution in [3.05, 3.63) is 34.9 Å². The Bertz CT molecular complexity index is 427. The van der Waals surface area contributed by atoms with E-state index in [1.54, 1.807) is 0 Å². The van der Waals surface area contributed by atoms with Crippen molar-refractivity contribution in [1.82, 2.24) is 5.32 Å². The molecular weight excluding hydrogens is 254 g/mol. The summed E-state index contributed by atoms with van der Waals surface area (Å²) in [6.07, 6.45) is 3.87. The zero-order valence-corrected chi connectivity index (χ0v) is 13.3. The predicted octanol–water partition coefficient (Wildman–Crippen LogP) is 5.21. The van der Waals surface area contributed by atoms with E-state index < -0.39 is 0 Å². The van der Waals surface area contributed by atoms with E-state index in [1.165, 1.54) is 24.8 Å². The number of nitrogens with one attached hydrogen (secondary N) is 1. The normalized spacial score (nSPS) is 28.1. The van der Waals surface area contributed by atoms with Crippen LogP contribution in [-0.4, -0.2) is 6.04 Å². The molecule has 0 aromatic heterocycles. The van der Waals surface area contributed by atoms with E-state index in [4.69, 9.17) is 11.6 Å². The molecule has 1 aliphatic rings. The van der Waals surface area contributed by atoms with Crippen LogP contribution in [0.1, 0.15) is 58.6 Å². The molecule has 1 aliphatic carbocycles. The minimum Gasteiger partial charge on any atom is -0.307 e. The standard InChI is InChI=1S/C17H26ClN/c1-12-9-14(11-17(3,4)10-12)19-13(2)15-7-5-6-8-16(15)18/h5-8,12-14,19H,9-11H2,1-4H3/t12?,13-,14?/m0/s1. The minimum atomic E-state index is 0.319. The van der Waals surface area contributed by atoms with Crippen molar-refractivity contribution in [1.29, 1.82) is 0 Å². The van der Waals surface area contributed by atoms with Crippen molar-refractivity contribution in [3.63, 3.8) is 0 Å². The molecule has 1 nitrogen and oxygen atoms in total. The molecule has 0 bridgehead atoms. The summed E-state index contributed by atoms with van der Waals surface area (Å²) in [6, 6.07) is 9.07. The summed E-state index contributed by atoms with van der Waals surface area (Å²) in [4.78, 5) is 0. The molecule has 1 N–H and O–H groups in total. The zero-order valence-electron chi connectivity index (χ0n) is 12.5. The largest absolute Gasteiger partial charge is 0.307 e. The first-order chi connectivity index (χ1) is 8.87. The molecule has 106 valence electrons. The highest BCUT2D eigenvalue weighted by molar-refractivity contribution is 6.31. The van der Waals surface area contributed by atoms with Crippen LogP contribution in [0.15, 0.2) is 24.3 Å². The lowest BCUT2D eigenvalue weighted by Gasteiger charge is -2.40. The molecule has 0 amide bonds. The highest BCUT2D eigenvalue weighted by atomic mass is 35.5. The molecule has 0 saturated heterocycles. The van der Waals surface area contributed by atoms with Gasteiger partial charge in [-0.15, -0.1) is 0 Å². The summed E-state index contributed by atoms with van der Waals surface area (Å²) in [5.41, 5.74) is 1.66. The van der Waals surface area contributed by atoms with E-state index in [0.717, 1.165) is 10.9 Å². The van der Waals surface area contributed by atoms with Gasteiger partial charge in [0, 0.05) is 17.1 Å². The Kier molecular flexibility index (Phi) is 4.58. The maximum Gasteiger partial charge on any atom is 0.0453 e. The van der Waals surface area contributed by atoms with Crippen LogP contribution in [0.25, 0.3) is 0 Å². The molecule has 2 unspecified atom stereocenters. The Hall–Kier alpha value is -0.530. The number of benzene rings is 1. The Balaban J connectivity index is 2.03. The van der Waals surface area contributed by atoms with Gasteiger partial charge in [-0.2, -0.15) is 0 Å². The van der Waals surface area contributed by atoms with Crippen molar-refractivity contribution in [2.24, 2.45) is 11.3 Å². The molecule has 1 aromatic rings. The zero-order chi connectivity index (χ0) is 14.0. The minimum absolute atomic E-state index is 0.319. The first-order valence-corrected chi connectivity index (χ1v) is 7.76. The van der Waals surface area contributed by atoms with Crippen LogP contribution < -0.4 is 5.32 Å². The topological polar surface area (TPSA) is 12.0 Å². The molecule has 0 spiro atoms. The van der Waals surface area contributed by atoms with E-state index >= 15 is 0 Å². The van der Waals surface area contributed by atoms with Crippen molar-refractivity contribution in [2.75, 3.05) is 0 Å². The monoisotopic (exact) mass is 279 g/mol. The average molecular weight is 280 g/mol.